The first-order chi connectivity index (χ1) is 6.65. The standard InChI is InChI=1S/C8H16N2O4/c9-1-2-14-5-8(13)10-3-6(11)7(12)4-10/h6-7,11-12H,1-5,9H2. The number of hydrogen-bond donors (Lipinski definition) is 3. The van der Waals surface area contributed by atoms with Crippen LogP contribution in [0, 0.1) is 0 Å². The molecule has 0 radical (unpaired) electrons. The van der Waals surface area contributed by atoms with E-state index in [4.69, 9.17) is 10.5 Å². The van der Waals surface area contributed by atoms with E-state index in [0.717, 1.165) is 0 Å². The largest absolute Gasteiger partial charge is 0.388 e. The topological polar surface area (TPSA) is 96.0 Å². The minimum Gasteiger partial charge on any atom is -0.388 e. The maximum Gasteiger partial charge on any atom is 0.248 e. The smallest absolute Gasteiger partial charge is 0.248 e. The van der Waals surface area contributed by atoms with Crippen molar-refractivity contribution in [2.24, 2.45) is 5.73 Å². The number of aliphatic hydroxyl groups excluding tert-OH is 2. The summed E-state index contributed by atoms with van der Waals surface area (Å²) in [5, 5.41) is 18.4. The third-order valence-electron chi connectivity index (χ3n) is 2.10. The van der Waals surface area contributed by atoms with Gasteiger partial charge in [0, 0.05) is 19.6 Å². The number of ether oxygens (including phenoxy) is 1. The Balaban J connectivity index is 2.25. The van der Waals surface area contributed by atoms with Gasteiger partial charge in [-0.3, -0.25) is 4.79 Å². The number of β-amino-alcohol motifs (C(OH)–C–C–N with tert-alkyl or cyclic N) is 2. The van der Waals surface area contributed by atoms with Gasteiger partial charge in [0.1, 0.15) is 6.61 Å². The summed E-state index contributed by atoms with van der Waals surface area (Å²) in [6, 6.07) is 0. The van der Waals surface area contributed by atoms with E-state index in [1.807, 2.05) is 0 Å². The van der Waals surface area contributed by atoms with Gasteiger partial charge in [-0.15, -0.1) is 0 Å². The molecule has 82 valence electrons. The number of aliphatic hydroxyl groups is 2. The first-order valence-corrected chi connectivity index (χ1v) is 4.57. The molecule has 1 amide bonds. The highest BCUT2D eigenvalue weighted by Gasteiger charge is 2.32. The second kappa shape index (κ2) is 5.26. The molecule has 1 rings (SSSR count). The minimum absolute atomic E-state index is 0.0450. The van der Waals surface area contributed by atoms with E-state index in [-0.39, 0.29) is 25.6 Å². The number of nitrogens with two attached hydrogens (primary N) is 1. The van der Waals surface area contributed by atoms with Crippen LogP contribution in [0.15, 0.2) is 0 Å². The Morgan fingerprint density at radius 1 is 1.43 bits per heavy atom. The highest BCUT2D eigenvalue weighted by atomic mass is 16.5. The van der Waals surface area contributed by atoms with Gasteiger partial charge in [-0.1, -0.05) is 0 Å². The van der Waals surface area contributed by atoms with E-state index in [1.165, 1.54) is 4.90 Å². The molecule has 2 unspecified atom stereocenters. The van der Waals surface area contributed by atoms with E-state index in [2.05, 4.69) is 0 Å². The minimum atomic E-state index is -0.839. The van der Waals surface area contributed by atoms with Crippen LogP contribution in [0.2, 0.25) is 0 Å². The van der Waals surface area contributed by atoms with Crippen molar-refractivity contribution < 1.29 is 19.7 Å². The van der Waals surface area contributed by atoms with Crippen molar-refractivity contribution in [3.05, 3.63) is 0 Å². The van der Waals surface area contributed by atoms with Crippen molar-refractivity contribution in [2.45, 2.75) is 12.2 Å². The molecule has 1 aliphatic rings. The van der Waals surface area contributed by atoms with Crippen LogP contribution in [-0.4, -0.2) is 66.1 Å². The van der Waals surface area contributed by atoms with E-state index in [9.17, 15) is 15.0 Å². The van der Waals surface area contributed by atoms with Crippen LogP contribution in [0.1, 0.15) is 0 Å². The lowest BCUT2D eigenvalue weighted by Crippen LogP contribution is -2.33. The molecule has 0 saturated carbocycles. The van der Waals surface area contributed by atoms with Gasteiger partial charge in [-0.05, 0) is 0 Å². The van der Waals surface area contributed by atoms with E-state index in [1.54, 1.807) is 0 Å². The number of rotatable bonds is 4. The molecule has 1 heterocycles. The SMILES string of the molecule is NCCOCC(=O)N1CC(O)C(O)C1. The summed E-state index contributed by atoms with van der Waals surface area (Å²) in [5.41, 5.74) is 5.18. The Morgan fingerprint density at radius 3 is 2.50 bits per heavy atom. The second-order valence-electron chi connectivity index (χ2n) is 3.27. The average Bonchev–Trinajstić information content (AvgIpc) is 2.47. The van der Waals surface area contributed by atoms with Crippen molar-refractivity contribution in [3.63, 3.8) is 0 Å². The fourth-order valence-corrected chi connectivity index (χ4v) is 1.31. The molecule has 1 saturated heterocycles. The lowest BCUT2D eigenvalue weighted by Gasteiger charge is -2.14. The van der Waals surface area contributed by atoms with Gasteiger partial charge < -0.3 is 25.6 Å². The van der Waals surface area contributed by atoms with Crippen molar-refractivity contribution in [2.75, 3.05) is 32.8 Å². The molecular formula is C8H16N2O4. The fraction of sp³-hybridized carbons (Fsp3) is 0.875. The van der Waals surface area contributed by atoms with Crippen molar-refractivity contribution in [1.82, 2.24) is 4.90 Å². The number of carbonyl (C=O) groups excluding carboxylic acids is 1. The first kappa shape index (κ1) is 11.4. The number of amides is 1. The molecule has 0 aromatic heterocycles. The number of carbonyl (C=O) groups is 1. The van der Waals surface area contributed by atoms with Crippen molar-refractivity contribution in [3.8, 4) is 0 Å². The maximum absolute atomic E-state index is 11.3. The fourth-order valence-electron chi connectivity index (χ4n) is 1.31. The van der Waals surface area contributed by atoms with Crippen molar-refractivity contribution >= 4 is 5.91 Å². The molecule has 0 spiro atoms. The predicted octanol–water partition coefficient (Wildman–Crippen LogP) is -2.47. The van der Waals surface area contributed by atoms with Crippen molar-refractivity contribution in [1.29, 1.82) is 0 Å². The second-order valence-corrected chi connectivity index (χ2v) is 3.27. The van der Waals surface area contributed by atoms with Crippen LogP contribution in [-0.2, 0) is 9.53 Å². The number of likely N-dealkylation sites (tertiary alicyclic amines) is 1. The van der Waals surface area contributed by atoms with Gasteiger partial charge >= 0.3 is 0 Å². The van der Waals surface area contributed by atoms with Crippen LogP contribution in [0.25, 0.3) is 0 Å². The lowest BCUT2D eigenvalue weighted by atomic mass is 10.3. The molecule has 6 nitrogen and oxygen atoms in total. The Kier molecular flexibility index (Phi) is 4.27. The maximum atomic E-state index is 11.3. The number of hydrogen-bond acceptors (Lipinski definition) is 5. The molecule has 0 bridgehead atoms. The summed E-state index contributed by atoms with van der Waals surface area (Å²) in [6.45, 7) is 1.01. The average molecular weight is 204 g/mol. The van der Waals surface area contributed by atoms with Crippen LogP contribution in [0.5, 0.6) is 0 Å². The molecule has 4 N–H and O–H groups in total. The molecule has 6 heteroatoms. The Bertz CT molecular complexity index is 190. The third-order valence-corrected chi connectivity index (χ3v) is 2.10. The summed E-state index contributed by atoms with van der Waals surface area (Å²) in [5.74, 6) is -0.228. The van der Waals surface area contributed by atoms with E-state index in [0.29, 0.717) is 13.2 Å². The van der Waals surface area contributed by atoms with Gasteiger partial charge in [0.15, 0.2) is 0 Å². The predicted molar refractivity (Wildman–Crippen MR) is 48.5 cm³/mol. The summed E-state index contributed by atoms with van der Waals surface area (Å²) in [6.07, 6.45) is -1.68. The summed E-state index contributed by atoms with van der Waals surface area (Å²) >= 11 is 0. The Morgan fingerprint density at radius 2 is 2.00 bits per heavy atom. The zero-order valence-corrected chi connectivity index (χ0v) is 7.93. The molecule has 1 aliphatic heterocycles. The summed E-state index contributed by atoms with van der Waals surface area (Å²) < 4.78 is 4.95. The molecule has 0 aliphatic carbocycles. The van der Waals surface area contributed by atoms with Crippen LogP contribution in [0.4, 0.5) is 0 Å². The number of nitrogens with zero attached hydrogens (tertiary/aromatic N) is 1. The normalized spacial score (nSPS) is 26.9. The van der Waals surface area contributed by atoms with Gasteiger partial charge in [-0.2, -0.15) is 0 Å². The Hall–Kier alpha value is -0.690. The van der Waals surface area contributed by atoms with Gasteiger partial charge in [0.05, 0.1) is 18.8 Å². The molecule has 0 aromatic carbocycles. The quantitative estimate of drug-likeness (QED) is 0.441. The molecule has 14 heavy (non-hydrogen) atoms. The molecule has 0 aromatic rings. The summed E-state index contributed by atoms with van der Waals surface area (Å²) in [4.78, 5) is 12.7. The zero-order chi connectivity index (χ0) is 10.6. The highest BCUT2D eigenvalue weighted by molar-refractivity contribution is 5.77. The van der Waals surface area contributed by atoms with Gasteiger partial charge in [-0.25, -0.2) is 0 Å². The van der Waals surface area contributed by atoms with Gasteiger partial charge in [0.2, 0.25) is 5.91 Å². The third kappa shape index (κ3) is 2.91. The van der Waals surface area contributed by atoms with Gasteiger partial charge in [0.25, 0.3) is 0 Å². The van der Waals surface area contributed by atoms with Crippen LogP contribution >= 0.6 is 0 Å². The Labute approximate surface area is 82.3 Å². The van der Waals surface area contributed by atoms with E-state index < -0.39 is 12.2 Å². The molecule has 2 atom stereocenters. The first-order valence-electron chi connectivity index (χ1n) is 4.57. The molecule has 1 fully saturated rings. The van der Waals surface area contributed by atoms with E-state index >= 15 is 0 Å². The lowest BCUT2D eigenvalue weighted by molar-refractivity contribution is -0.135. The summed E-state index contributed by atoms with van der Waals surface area (Å²) in [7, 11) is 0. The van der Waals surface area contributed by atoms with Crippen LogP contribution < -0.4 is 5.73 Å². The monoisotopic (exact) mass is 204 g/mol. The van der Waals surface area contributed by atoms with Crippen LogP contribution in [0.3, 0.4) is 0 Å². The molecular weight excluding hydrogens is 188 g/mol. The zero-order valence-electron chi connectivity index (χ0n) is 7.93. The highest BCUT2D eigenvalue weighted by Crippen LogP contribution is 2.09.